The van der Waals surface area contributed by atoms with E-state index in [0.717, 1.165) is 33.5 Å². The molecule has 4 heterocycles. The second-order valence-corrected chi connectivity index (χ2v) is 8.63. The number of carbonyl (C=O) groups excluding carboxylic acids is 2. The molecule has 186 valence electrons. The molecule has 1 aliphatic rings. The monoisotopic (exact) mass is 488 g/mol. The van der Waals surface area contributed by atoms with Gasteiger partial charge in [0.05, 0.1) is 30.2 Å². The van der Waals surface area contributed by atoms with E-state index in [-0.39, 0.29) is 12.0 Å². The van der Waals surface area contributed by atoms with Gasteiger partial charge in [0.1, 0.15) is 0 Å². The van der Waals surface area contributed by atoms with Gasteiger partial charge in [-0.15, -0.1) is 0 Å². The average molecular weight is 489 g/mol. The molecule has 1 saturated heterocycles. The number of amides is 2. The zero-order valence-electron chi connectivity index (χ0n) is 20.5. The molecule has 36 heavy (non-hydrogen) atoms. The lowest BCUT2D eigenvalue weighted by Crippen LogP contribution is -2.49. The highest BCUT2D eigenvalue weighted by atomic mass is 16.6. The Hall–Kier alpha value is -4.41. The number of carbonyl (C=O) groups is 2. The third-order valence-corrected chi connectivity index (χ3v) is 6.49. The number of rotatable bonds is 5. The molecule has 1 aromatic carbocycles. The Balaban J connectivity index is 1.27. The molecule has 1 aliphatic heterocycles. The number of nitrogens with one attached hydrogen (secondary N) is 2. The quantitative estimate of drug-likeness (QED) is 0.442. The van der Waals surface area contributed by atoms with Gasteiger partial charge in [0.25, 0.3) is 5.91 Å². The smallest absolute Gasteiger partial charge is 0.409 e. The van der Waals surface area contributed by atoms with Crippen LogP contribution in [0.3, 0.4) is 0 Å². The van der Waals surface area contributed by atoms with E-state index in [9.17, 15) is 9.59 Å². The first-order valence-electron chi connectivity index (χ1n) is 11.9. The number of pyridine rings is 1. The number of H-pyrrole nitrogens is 1. The zero-order valence-corrected chi connectivity index (χ0v) is 20.5. The molecule has 0 unspecified atom stereocenters. The van der Waals surface area contributed by atoms with E-state index >= 15 is 0 Å². The molecule has 4 aromatic rings. The molecule has 2 amide bonds. The van der Waals surface area contributed by atoms with Crippen LogP contribution in [0, 0.1) is 6.92 Å². The molecule has 3 aromatic heterocycles. The normalized spacial score (nSPS) is 13.8. The first-order chi connectivity index (χ1) is 17.4. The number of hydrogen-bond donors (Lipinski definition) is 2. The summed E-state index contributed by atoms with van der Waals surface area (Å²) in [4.78, 5) is 33.3. The van der Waals surface area contributed by atoms with Crippen LogP contribution in [-0.2, 0) is 11.8 Å². The van der Waals surface area contributed by atoms with Crippen molar-refractivity contribution in [3.63, 3.8) is 0 Å². The van der Waals surface area contributed by atoms with Crippen molar-refractivity contribution in [1.82, 2.24) is 29.9 Å². The Morgan fingerprint density at radius 2 is 1.86 bits per heavy atom. The van der Waals surface area contributed by atoms with E-state index in [1.165, 1.54) is 0 Å². The Kier molecular flexibility index (Phi) is 6.28. The maximum atomic E-state index is 13.0. The van der Waals surface area contributed by atoms with Crippen molar-refractivity contribution in [2.45, 2.75) is 13.8 Å². The number of fused-ring (bicyclic) bond motifs is 1. The van der Waals surface area contributed by atoms with Crippen molar-refractivity contribution in [2.24, 2.45) is 7.05 Å². The fraction of sp³-hybridized carbons (Fsp3) is 0.320. The van der Waals surface area contributed by atoms with E-state index in [0.29, 0.717) is 44.2 Å². The number of anilines is 2. The molecule has 5 rings (SSSR count). The van der Waals surface area contributed by atoms with E-state index in [1.807, 2.05) is 32.2 Å². The van der Waals surface area contributed by atoms with Crippen LogP contribution in [-0.4, -0.2) is 74.6 Å². The van der Waals surface area contributed by atoms with Gasteiger partial charge in [0, 0.05) is 61.1 Å². The second kappa shape index (κ2) is 9.68. The Morgan fingerprint density at radius 3 is 2.53 bits per heavy atom. The fourth-order valence-corrected chi connectivity index (χ4v) is 4.27. The zero-order chi connectivity index (χ0) is 25.2. The third kappa shape index (κ3) is 4.47. The Labute approximate surface area is 208 Å². The summed E-state index contributed by atoms with van der Waals surface area (Å²) in [5, 5.41) is 15.2. The van der Waals surface area contributed by atoms with Gasteiger partial charge in [-0.2, -0.15) is 10.2 Å². The summed E-state index contributed by atoms with van der Waals surface area (Å²) in [6.07, 6.45) is 3.21. The van der Waals surface area contributed by atoms with Gasteiger partial charge in [0.2, 0.25) is 0 Å². The van der Waals surface area contributed by atoms with Gasteiger partial charge in [0.15, 0.2) is 5.82 Å². The van der Waals surface area contributed by atoms with Crippen LogP contribution < -0.4 is 10.2 Å². The molecular weight excluding hydrogens is 460 g/mol. The summed E-state index contributed by atoms with van der Waals surface area (Å²) in [5.74, 6) is 0.192. The average Bonchev–Trinajstić information content (AvgIpc) is 3.46. The van der Waals surface area contributed by atoms with Crippen molar-refractivity contribution >= 4 is 34.4 Å². The summed E-state index contributed by atoms with van der Waals surface area (Å²) in [5.41, 5.74) is 4.94. The number of ether oxygens (including phenoxy) is 1. The summed E-state index contributed by atoms with van der Waals surface area (Å²) < 4.78 is 6.87. The maximum Gasteiger partial charge on any atom is 0.409 e. The number of benzene rings is 1. The Bertz CT molecular complexity index is 1400. The van der Waals surface area contributed by atoms with E-state index in [2.05, 4.69) is 30.5 Å². The summed E-state index contributed by atoms with van der Waals surface area (Å²) in [6.45, 7) is 6.77. The molecule has 11 heteroatoms. The van der Waals surface area contributed by atoms with Crippen LogP contribution in [0.15, 0.2) is 42.7 Å². The minimum Gasteiger partial charge on any atom is -0.450 e. The molecule has 0 aliphatic carbocycles. The minimum absolute atomic E-state index is 0.252. The summed E-state index contributed by atoms with van der Waals surface area (Å²) in [7, 11) is 1.88. The number of nitrogens with zero attached hydrogens (tertiary/aromatic N) is 6. The van der Waals surface area contributed by atoms with Crippen LogP contribution in [0.4, 0.5) is 16.3 Å². The van der Waals surface area contributed by atoms with Crippen LogP contribution in [0.5, 0.6) is 0 Å². The standard InChI is InChI=1S/C25H28N8O3/c1-4-36-25(35)33-11-9-32(10-12-33)18-7-5-17(6-8-18)24(34)28-23-19-13-21(26-15-22(19)29-30-23)20-14-27-31(3)16(20)2/h5-8,13-15H,4,9-12H2,1-3H3,(H2,28,29,30,34). The van der Waals surface area contributed by atoms with Crippen LogP contribution in [0.1, 0.15) is 23.0 Å². The molecule has 1 fully saturated rings. The largest absolute Gasteiger partial charge is 0.450 e. The number of hydrogen-bond acceptors (Lipinski definition) is 7. The lowest BCUT2D eigenvalue weighted by atomic mass is 10.1. The highest BCUT2D eigenvalue weighted by Crippen LogP contribution is 2.27. The van der Waals surface area contributed by atoms with Crippen LogP contribution >= 0.6 is 0 Å². The van der Waals surface area contributed by atoms with Crippen LogP contribution in [0.25, 0.3) is 22.2 Å². The Morgan fingerprint density at radius 1 is 1.11 bits per heavy atom. The number of aromatic amines is 1. The highest BCUT2D eigenvalue weighted by molar-refractivity contribution is 6.08. The lowest BCUT2D eigenvalue weighted by molar-refractivity contribution is 0.102. The van der Waals surface area contributed by atoms with Crippen molar-refractivity contribution in [1.29, 1.82) is 0 Å². The van der Waals surface area contributed by atoms with Gasteiger partial charge in [-0.3, -0.25) is 19.6 Å². The number of aryl methyl sites for hydroxylation is 1. The predicted octanol–water partition coefficient (Wildman–Crippen LogP) is 3.20. The molecule has 11 nitrogen and oxygen atoms in total. The summed E-state index contributed by atoms with van der Waals surface area (Å²) >= 11 is 0. The van der Waals surface area contributed by atoms with E-state index in [1.54, 1.807) is 41.0 Å². The van der Waals surface area contributed by atoms with Crippen molar-refractivity contribution in [3.05, 3.63) is 54.0 Å². The molecule has 0 spiro atoms. The first kappa shape index (κ1) is 23.3. The highest BCUT2D eigenvalue weighted by Gasteiger charge is 2.22. The summed E-state index contributed by atoms with van der Waals surface area (Å²) in [6, 6.07) is 9.33. The second-order valence-electron chi connectivity index (χ2n) is 8.63. The topological polar surface area (TPSA) is 121 Å². The van der Waals surface area contributed by atoms with Gasteiger partial charge in [-0.25, -0.2) is 4.79 Å². The number of piperazine rings is 1. The van der Waals surface area contributed by atoms with Gasteiger partial charge >= 0.3 is 6.09 Å². The SMILES string of the molecule is CCOC(=O)N1CCN(c2ccc(C(=O)Nc3n[nH]c4cnc(-c5cnn(C)c5C)cc34)cc2)CC1. The molecule has 0 radical (unpaired) electrons. The van der Waals surface area contributed by atoms with Crippen molar-refractivity contribution in [3.8, 4) is 11.3 Å². The third-order valence-electron chi connectivity index (χ3n) is 6.49. The maximum absolute atomic E-state index is 13.0. The number of aromatic nitrogens is 5. The minimum atomic E-state index is -0.270. The van der Waals surface area contributed by atoms with E-state index in [4.69, 9.17) is 4.74 Å². The van der Waals surface area contributed by atoms with Gasteiger partial charge in [-0.1, -0.05) is 0 Å². The van der Waals surface area contributed by atoms with E-state index < -0.39 is 0 Å². The molecule has 2 N–H and O–H groups in total. The predicted molar refractivity (Wildman–Crippen MR) is 136 cm³/mol. The molecule has 0 saturated carbocycles. The lowest BCUT2D eigenvalue weighted by Gasteiger charge is -2.35. The molecular formula is C25H28N8O3. The van der Waals surface area contributed by atoms with Gasteiger partial charge < -0.3 is 19.9 Å². The van der Waals surface area contributed by atoms with Crippen molar-refractivity contribution < 1.29 is 14.3 Å². The van der Waals surface area contributed by atoms with Gasteiger partial charge in [-0.05, 0) is 44.2 Å². The van der Waals surface area contributed by atoms with Crippen molar-refractivity contribution in [2.75, 3.05) is 43.0 Å². The first-order valence-corrected chi connectivity index (χ1v) is 11.9. The molecule has 0 bridgehead atoms. The molecule has 0 atom stereocenters. The van der Waals surface area contributed by atoms with Crippen LogP contribution in [0.2, 0.25) is 0 Å². The fourth-order valence-electron chi connectivity index (χ4n) is 4.27.